The molecule has 4 heteroatoms. The minimum absolute atomic E-state index is 0.0751. The van der Waals surface area contributed by atoms with E-state index in [9.17, 15) is 20.1 Å². The molecule has 0 fully saturated rings. The molecule has 130 valence electrons. The van der Waals surface area contributed by atoms with E-state index in [1.54, 1.807) is 0 Å². The first-order valence-electron chi connectivity index (χ1n) is 8.80. The van der Waals surface area contributed by atoms with Gasteiger partial charge in [0.25, 0.3) is 0 Å². The summed E-state index contributed by atoms with van der Waals surface area (Å²) in [5.41, 5.74) is 1.23. The molecule has 7 atom stereocenters. The molecule has 0 aromatic heterocycles. The highest BCUT2D eigenvalue weighted by molar-refractivity contribution is 5.49. The van der Waals surface area contributed by atoms with E-state index in [4.69, 9.17) is 0 Å². The molecule has 0 saturated carbocycles. The van der Waals surface area contributed by atoms with Gasteiger partial charge in [0, 0.05) is 12.3 Å². The smallest absolute Gasteiger partial charge is 0.122 e. The third kappa shape index (κ3) is 4.75. The standard InChI is InChI=1S/C19H30O4/c1-12-9-14-4-3-13(2)17(19(14)18(23)10-12)6-5-15(21)11-16(22)7-8-20/h3-4,8-9,12-13,15-19,21-23H,5-7,10-11H2,1-2H3/t12-,13-,15+,16-,17-,18-,19?/m0/s1. The Labute approximate surface area is 138 Å². The summed E-state index contributed by atoms with van der Waals surface area (Å²) in [6, 6.07) is 0. The van der Waals surface area contributed by atoms with E-state index in [1.807, 2.05) is 0 Å². The average molecular weight is 322 g/mol. The monoisotopic (exact) mass is 322 g/mol. The molecule has 23 heavy (non-hydrogen) atoms. The Morgan fingerprint density at radius 2 is 2.04 bits per heavy atom. The maximum Gasteiger partial charge on any atom is 0.122 e. The van der Waals surface area contributed by atoms with Crippen LogP contribution in [0.25, 0.3) is 0 Å². The Morgan fingerprint density at radius 1 is 1.30 bits per heavy atom. The van der Waals surface area contributed by atoms with Gasteiger partial charge in [0.15, 0.2) is 0 Å². The van der Waals surface area contributed by atoms with Crippen LogP contribution in [0.15, 0.2) is 23.8 Å². The Balaban J connectivity index is 1.97. The number of fused-ring (bicyclic) bond motifs is 1. The molecule has 0 heterocycles. The Hall–Kier alpha value is -0.970. The quantitative estimate of drug-likeness (QED) is 0.628. The van der Waals surface area contributed by atoms with Crippen molar-refractivity contribution in [3.63, 3.8) is 0 Å². The van der Waals surface area contributed by atoms with Crippen LogP contribution in [-0.2, 0) is 4.79 Å². The predicted octanol–water partition coefficient (Wildman–Crippen LogP) is 2.23. The van der Waals surface area contributed by atoms with Crippen molar-refractivity contribution in [2.75, 3.05) is 0 Å². The van der Waals surface area contributed by atoms with Crippen molar-refractivity contribution in [1.29, 1.82) is 0 Å². The lowest BCUT2D eigenvalue weighted by Gasteiger charge is -2.41. The van der Waals surface area contributed by atoms with Crippen LogP contribution < -0.4 is 0 Å². The molecule has 4 nitrogen and oxygen atoms in total. The molecular formula is C19H30O4. The van der Waals surface area contributed by atoms with Gasteiger partial charge in [0.1, 0.15) is 6.29 Å². The number of aliphatic hydroxyl groups is 3. The molecular weight excluding hydrogens is 292 g/mol. The molecule has 0 amide bonds. The van der Waals surface area contributed by atoms with Crippen LogP contribution in [0.4, 0.5) is 0 Å². The summed E-state index contributed by atoms with van der Waals surface area (Å²) in [5, 5.41) is 30.2. The lowest BCUT2D eigenvalue weighted by molar-refractivity contribution is -0.109. The molecule has 0 aromatic rings. The fourth-order valence-corrected chi connectivity index (χ4v) is 4.16. The number of allylic oxidation sites excluding steroid dienone is 3. The SMILES string of the molecule is C[C@H]1C=C2C=C[C@H](C)[C@H](CC[C@@H](O)C[C@@H](O)CC=O)C2[C@@H](O)C1. The minimum Gasteiger partial charge on any atom is -0.393 e. The van der Waals surface area contributed by atoms with Crippen molar-refractivity contribution in [1.82, 2.24) is 0 Å². The van der Waals surface area contributed by atoms with Gasteiger partial charge in [-0.25, -0.2) is 0 Å². The Bertz CT molecular complexity index is 456. The lowest BCUT2D eigenvalue weighted by atomic mass is 9.65. The Kier molecular flexibility index (Phi) is 6.57. The van der Waals surface area contributed by atoms with Crippen molar-refractivity contribution >= 4 is 6.29 Å². The van der Waals surface area contributed by atoms with E-state index in [-0.39, 0.29) is 24.9 Å². The van der Waals surface area contributed by atoms with Crippen LogP contribution in [0.5, 0.6) is 0 Å². The number of rotatable bonds is 7. The summed E-state index contributed by atoms with van der Waals surface area (Å²) in [7, 11) is 0. The second-order valence-electron chi connectivity index (χ2n) is 7.38. The highest BCUT2D eigenvalue weighted by atomic mass is 16.3. The predicted molar refractivity (Wildman–Crippen MR) is 89.7 cm³/mol. The van der Waals surface area contributed by atoms with Crippen LogP contribution in [0.2, 0.25) is 0 Å². The highest BCUT2D eigenvalue weighted by Gasteiger charge is 2.38. The van der Waals surface area contributed by atoms with Crippen molar-refractivity contribution < 1.29 is 20.1 Å². The van der Waals surface area contributed by atoms with E-state index in [0.717, 1.165) is 12.8 Å². The molecule has 0 radical (unpaired) electrons. The largest absolute Gasteiger partial charge is 0.393 e. The zero-order valence-electron chi connectivity index (χ0n) is 14.1. The van der Waals surface area contributed by atoms with Crippen LogP contribution in [0, 0.1) is 23.7 Å². The summed E-state index contributed by atoms with van der Waals surface area (Å²) in [6.07, 6.45) is 8.12. The van der Waals surface area contributed by atoms with Gasteiger partial charge in [-0.1, -0.05) is 32.1 Å². The van der Waals surface area contributed by atoms with E-state index in [0.29, 0.717) is 30.5 Å². The lowest BCUT2D eigenvalue weighted by Crippen LogP contribution is -2.38. The van der Waals surface area contributed by atoms with Gasteiger partial charge in [-0.05, 0) is 49.0 Å². The first-order valence-corrected chi connectivity index (χ1v) is 8.80. The van der Waals surface area contributed by atoms with E-state index in [2.05, 4.69) is 32.1 Å². The van der Waals surface area contributed by atoms with Gasteiger partial charge in [-0.3, -0.25) is 0 Å². The molecule has 2 aliphatic rings. The number of carbonyl (C=O) groups excluding carboxylic acids is 1. The van der Waals surface area contributed by atoms with Gasteiger partial charge in [0.05, 0.1) is 18.3 Å². The average Bonchev–Trinajstić information content (AvgIpc) is 2.46. The molecule has 0 saturated heterocycles. The minimum atomic E-state index is -0.761. The summed E-state index contributed by atoms with van der Waals surface area (Å²) < 4.78 is 0. The summed E-state index contributed by atoms with van der Waals surface area (Å²) in [6.45, 7) is 4.29. The fraction of sp³-hybridized carbons (Fsp3) is 0.737. The van der Waals surface area contributed by atoms with E-state index < -0.39 is 12.2 Å². The van der Waals surface area contributed by atoms with Crippen molar-refractivity contribution in [3.8, 4) is 0 Å². The first kappa shape index (κ1) is 18.4. The number of aliphatic hydroxyl groups excluding tert-OH is 3. The number of carbonyl (C=O) groups is 1. The van der Waals surface area contributed by atoms with Crippen LogP contribution in [-0.4, -0.2) is 39.9 Å². The number of aldehydes is 1. The third-order valence-corrected chi connectivity index (χ3v) is 5.36. The first-order chi connectivity index (χ1) is 10.9. The van der Waals surface area contributed by atoms with E-state index >= 15 is 0 Å². The molecule has 0 aliphatic heterocycles. The van der Waals surface area contributed by atoms with Crippen LogP contribution >= 0.6 is 0 Å². The maximum atomic E-state index is 10.5. The number of hydrogen-bond acceptors (Lipinski definition) is 4. The van der Waals surface area contributed by atoms with Gasteiger partial charge in [-0.2, -0.15) is 0 Å². The van der Waals surface area contributed by atoms with Gasteiger partial charge in [-0.15, -0.1) is 0 Å². The van der Waals surface area contributed by atoms with E-state index in [1.165, 1.54) is 5.57 Å². The van der Waals surface area contributed by atoms with Crippen molar-refractivity contribution in [3.05, 3.63) is 23.8 Å². The topological polar surface area (TPSA) is 77.8 Å². The third-order valence-electron chi connectivity index (χ3n) is 5.36. The fourth-order valence-electron chi connectivity index (χ4n) is 4.16. The normalized spacial score (nSPS) is 36.0. The second kappa shape index (κ2) is 8.22. The Morgan fingerprint density at radius 3 is 2.74 bits per heavy atom. The molecule has 3 N–H and O–H groups in total. The highest BCUT2D eigenvalue weighted by Crippen LogP contribution is 2.43. The van der Waals surface area contributed by atoms with Gasteiger partial charge >= 0.3 is 0 Å². The second-order valence-corrected chi connectivity index (χ2v) is 7.38. The van der Waals surface area contributed by atoms with Crippen LogP contribution in [0.3, 0.4) is 0 Å². The zero-order valence-corrected chi connectivity index (χ0v) is 14.1. The van der Waals surface area contributed by atoms with Crippen LogP contribution in [0.1, 0.15) is 46.0 Å². The molecule has 0 aromatic carbocycles. The number of hydrogen-bond donors (Lipinski definition) is 3. The van der Waals surface area contributed by atoms with Crippen molar-refractivity contribution in [2.45, 2.75) is 64.3 Å². The zero-order chi connectivity index (χ0) is 17.0. The van der Waals surface area contributed by atoms with Gasteiger partial charge < -0.3 is 20.1 Å². The molecule has 1 unspecified atom stereocenters. The summed E-state index contributed by atoms with van der Waals surface area (Å²) >= 11 is 0. The molecule has 2 rings (SSSR count). The van der Waals surface area contributed by atoms with Crippen molar-refractivity contribution in [2.24, 2.45) is 23.7 Å². The molecule has 0 spiro atoms. The molecule has 0 bridgehead atoms. The maximum absolute atomic E-state index is 10.5. The summed E-state index contributed by atoms with van der Waals surface area (Å²) in [5.74, 6) is 1.23. The summed E-state index contributed by atoms with van der Waals surface area (Å²) in [4.78, 5) is 10.4. The van der Waals surface area contributed by atoms with Gasteiger partial charge in [0.2, 0.25) is 0 Å². The molecule has 2 aliphatic carbocycles.